The minimum Gasteiger partial charge on any atom is -0.485 e. The zero-order valence-electron chi connectivity index (χ0n) is 18.8. The molecule has 4 rings (SSSR count). The van der Waals surface area contributed by atoms with Gasteiger partial charge in [-0.05, 0) is 37.1 Å². The Hall–Kier alpha value is -3.32. The summed E-state index contributed by atoms with van der Waals surface area (Å²) in [6, 6.07) is 11.4. The number of benzene rings is 1. The lowest BCUT2D eigenvalue weighted by molar-refractivity contribution is 0.0594. The van der Waals surface area contributed by atoms with Crippen molar-refractivity contribution in [1.82, 2.24) is 19.6 Å². The van der Waals surface area contributed by atoms with Crippen molar-refractivity contribution in [3.8, 4) is 5.75 Å². The third-order valence-corrected chi connectivity index (χ3v) is 5.75. The second kappa shape index (κ2) is 9.87. The molecule has 0 atom stereocenters. The summed E-state index contributed by atoms with van der Waals surface area (Å²) in [6.45, 7) is 9.98. The lowest BCUT2D eigenvalue weighted by Crippen LogP contribution is -2.48. The summed E-state index contributed by atoms with van der Waals surface area (Å²) in [5.41, 5.74) is 3.37. The number of hydrogen-bond acceptors (Lipinski definition) is 5. The van der Waals surface area contributed by atoms with Crippen LogP contribution in [0, 0.1) is 6.92 Å². The predicted molar refractivity (Wildman–Crippen MR) is 123 cm³/mol. The number of aryl methyl sites for hydroxylation is 2. The summed E-state index contributed by atoms with van der Waals surface area (Å²) in [5, 5.41) is 4.41. The minimum absolute atomic E-state index is 0.0690. The van der Waals surface area contributed by atoms with Crippen LogP contribution in [0.3, 0.4) is 0 Å². The van der Waals surface area contributed by atoms with Gasteiger partial charge in [-0.15, -0.1) is 6.58 Å². The van der Waals surface area contributed by atoms with Crippen LogP contribution in [0.15, 0.2) is 59.7 Å². The number of aromatic nitrogens is 2. The van der Waals surface area contributed by atoms with Crippen LogP contribution in [-0.2, 0) is 26.6 Å². The highest BCUT2D eigenvalue weighted by molar-refractivity contribution is 5.91. The molecule has 1 aliphatic heterocycles. The van der Waals surface area contributed by atoms with E-state index in [2.05, 4.69) is 22.8 Å². The number of piperazine rings is 1. The Kier molecular flexibility index (Phi) is 6.75. The summed E-state index contributed by atoms with van der Waals surface area (Å²) < 4.78 is 13.6. The molecule has 3 aromatic rings. The van der Waals surface area contributed by atoms with Gasteiger partial charge in [-0.1, -0.05) is 24.3 Å². The number of carbonyl (C=O) groups is 1. The van der Waals surface area contributed by atoms with E-state index in [9.17, 15) is 4.79 Å². The van der Waals surface area contributed by atoms with Crippen molar-refractivity contribution in [3.05, 3.63) is 83.6 Å². The minimum atomic E-state index is -0.0690. The molecule has 3 heterocycles. The van der Waals surface area contributed by atoms with E-state index in [1.54, 1.807) is 6.07 Å². The lowest BCUT2D eigenvalue weighted by Gasteiger charge is -2.34. The second-order valence-electron chi connectivity index (χ2n) is 8.14. The highest BCUT2D eigenvalue weighted by atomic mass is 16.5. The molecule has 7 nitrogen and oxygen atoms in total. The maximum Gasteiger partial charge on any atom is 0.289 e. The average Bonchev–Trinajstić information content (AvgIpc) is 3.39. The Morgan fingerprint density at radius 1 is 1.16 bits per heavy atom. The number of ether oxygens (including phenoxy) is 1. The highest BCUT2D eigenvalue weighted by Crippen LogP contribution is 2.21. The zero-order valence-corrected chi connectivity index (χ0v) is 18.8. The lowest BCUT2D eigenvalue weighted by atomic mass is 10.1. The number of hydrogen-bond donors (Lipinski definition) is 0. The van der Waals surface area contributed by atoms with Crippen LogP contribution in [0.1, 0.15) is 33.1 Å². The van der Waals surface area contributed by atoms with Gasteiger partial charge in [0.15, 0.2) is 5.76 Å². The summed E-state index contributed by atoms with van der Waals surface area (Å²) in [6.07, 6.45) is 4.66. The first kappa shape index (κ1) is 21.9. The van der Waals surface area contributed by atoms with Crippen molar-refractivity contribution in [3.63, 3.8) is 0 Å². The molecular formula is C25H30N4O3. The molecular weight excluding hydrogens is 404 g/mol. The van der Waals surface area contributed by atoms with Gasteiger partial charge in [-0.25, -0.2) is 0 Å². The summed E-state index contributed by atoms with van der Waals surface area (Å²) in [4.78, 5) is 17.1. The smallest absolute Gasteiger partial charge is 0.289 e. The van der Waals surface area contributed by atoms with Gasteiger partial charge in [-0.3, -0.25) is 14.4 Å². The van der Waals surface area contributed by atoms with E-state index in [4.69, 9.17) is 9.15 Å². The molecule has 1 amide bonds. The van der Waals surface area contributed by atoms with Crippen molar-refractivity contribution in [2.45, 2.75) is 26.5 Å². The zero-order chi connectivity index (χ0) is 22.5. The number of furan rings is 1. The third kappa shape index (κ3) is 5.11. The summed E-state index contributed by atoms with van der Waals surface area (Å²) in [5.74, 6) is 1.73. The molecule has 1 fully saturated rings. The van der Waals surface area contributed by atoms with Gasteiger partial charge in [0.2, 0.25) is 0 Å². The van der Waals surface area contributed by atoms with Gasteiger partial charge in [0.1, 0.15) is 18.1 Å². The standard InChI is InChI=1S/C25H30N4O3/c1-4-7-20-8-5-6-9-23(20)31-18-22-10-11-24(32-22)25(30)29-14-12-28(13-15-29)17-21-16-27(3)26-19(21)2/h4-6,8-11,16H,1,7,12-15,17-18H2,2-3H3. The molecule has 0 N–H and O–H groups in total. The molecule has 0 spiro atoms. The van der Waals surface area contributed by atoms with E-state index in [1.165, 1.54) is 5.56 Å². The van der Waals surface area contributed by atoms with Crippen molar-refractivity contribution < 1.29 is 13.9 Å². The number of carbonyl (C=O) groups excluding carboxylic acids is 1. The van der Waals surface area contributed by atoms with Crippen molar-refractivity contribution >= 4 is 5.91 Å². The fraction of sp³-hybridized carbons (Fsp3) is 0.360. The summed E-state index contributed by atoms with van der Waals surface area (Å²) >= 11 is 0. The summed E-state index contributed by atoms with van der Waals surface area (Å²) in [7, 11) is 1.94. The molecule has 0 saturated carbocycles. The fourth-order valence-electron chi connectivity index (χ4n) is 4.00. The van der Waals surface area contributed by atoms with Crippen LogP contribution in [0.2, 0.25) is 0 Å². The number of rotatable bonds is 8. The Labute approximate surface area is 188 Å². The largest absolute Gasteiger partial charge is 0.485 e. The van der Waals surface area contributed by atoms with Crippen LogP contribution in [0.4, 0.5) is 0 Å². The average molecular weight is 435 g/mol. The molecule has 7 heteroatoms. The molecule has 0 unspecified atom stereocenters. The van der Waals surface area contributed by atoms with Crippen molar-refractivity contribution in [1.29, 1.82) is 0 Å². The maximum absolute atomic E-state index is 12.9. The number of allylic oxidation sites excluding steroid dienone is 1. The van der Waals surface area contributed by atoms with Crippen LogP contribution in [0.25, 0.3) is 0 Å². The van der Waals surface area contributed by atoms with Gasteiger partial charge in [0.25, 0.3) is 5.91 Å². The second-order valence-corrected chi connectivity index (χ2v) is 8.14. The third-order valence-electron chi connectivity index (χ3n) is 5.75. The topological polar surface area (TPSA) is 63.7 Å². The van der Waals surface area contributed by atoms with E-state index < -0.39 is 0 Å². The Morgan fingerprint density at radius 3 is 2.66 bits per heavy atom. The van der Waals surface area contributed by atoms with Crippen LogP contribution < -0.4 is 4.74 Å². The van der Waals surface area contributed by atoms with E-state index in [1.807, 2.05) is 60.0 Å². The molecule has 1 aliphatic rings. The van der Waals surface area contributed by atoms with Gasteiger partial charge in [0.05, 0.1) is 5.69 Å². The maximum atomic E-state index is 12.9. The first-order valence-electron chi connectivity index (χ1n) is 10.9. The van der Waals surface area contributed by atoms with Crippen LogP contribution in [-0.4, -0.2) is 51.7 Å². The van der Waals surface area contributed by atoms with E-state index in [-0.39, 0.29) is 12.5 Å². The number of amides is 1. The van der Waals surface area contributed by atoms with E-state index >= 15 is 0 Å². The molecule has 0 radical (unpaired) electrons. The SMILES string of the molecule is C=CCc1ccccc1OCc1ccc(C(=O)N2CCN(Cc3cn(C)nc3C)CC2)o1. The Balaban J connectivity index is 1.29. The predicted octanol–water partition coefficient (Wildman–Crippen LogP) is 3.59. The van der Waals surface area contributed by atoms with Crippen LogP contribution >= 0.6 is 0 Å². The van der Waals surface area contributed by atoms with Crippen LogP contribution in [0.5, 0.6) is 5.75 Å². The first-order valence-corrected chi connectivity index (χ1v) is 10.9. The monoisotopic (exact) mass is 434 g/mol. The fourth-order valence-corrected chi connectivity index (χ4v) is 4.00. The van der Waals surface area contributed by atoms with E-state index in [0.29, 0.717) is 24.6 Å². The molecule has 0 aliphatic carbocycles. The molecule has 32 heavy (non-hydrogen) atoms. The van der Waals surface area contributed by atoms with Crippen molar-refractivity contribution in [2.24, 2.45) is 7.05 Å². The van der Waals surface area contributed by atoms with Gasteiger partial charge in [-0.2, -0.15) is 5.10 Å². The quantitative estimate of drug-likeness (QED) is 0.507. The number of nitrogens with zero attached hydrogens (tertiary/aromatic N) is 4. The van der Waals surface area contributed by atoms with Crippen molar-refractivity contribution in [2.75, 3.05) is 26.2 Å². The number of para-hydroxylation sites is 1. The molecule has 1 aromatic carbocycles. The van der Waals surface area contributed by atoms with Gasteiger partial charge < -0.3 is 14.1 Å². The molecule has 0 bridgehead atoms. The highest BCUT2D eigenvalue weighted by Gasteiger charge is 2.25. The Morgan fingerprint density at radius 2 is 1.94 bits per heavy atom. The van der Waals surface area contributed by atoms with Gasteiger partial charge in [0, 0.05) is 51.5 Å². The normalized spacial score (nSPS) is 14.5. The Bertz CT molecular complexity index is 1080. The van der Waals surface area contributed by atoms with Gasteiger partial charge >= 0.3 is 0 Å². The molecule has 1 saturated heterocycles. The first-order chi connectivity index (χ1) is 15.5. The molecule has 2 aromatic heterocycles. The van der Waals surface area contributed by atoms with E-state index in [0.717, 1.165) is 43.1 Å². The molecule has 168 valence electrons.